The predicted octanol–water partition coefficient (Wildman–Crippen LogP) is 4.04. The number of thiocarbonyl (C=S) groups is 1. The molecule has 0 saturated heterocycles. The second-order valence-corrected chi connectivity index (χ2v) is 6.94. The summed E-state index contributed by atoms with van der Waals surface area (Å²) in [4.78, 5) is 16.9. The number of aromatic amines is 1. The molecule has 0 spiro atoms. The highest BCUT2D eigenvalue weighted by Gasteiger charge is 2.24. The van der Waals surface area contributed by atoms with Gasteiger partial charge in [0.05, 0.1) is 28.2 Å². The van der Waals surface area contributed by atoms with E-state index >= 15 is 0 Å². The van der Waals surface area contributed by atoms with Gasteiger partial charge in [0.25, 0.3) is 0 Å². The molecule has 3 aromatic rings. The summed E-state index contributed by atoms with van der Waals surface area (Å²) in [6, 6.07) is 12.3. The van der Waals surface area contributed by atoms with Crippen LogP contribution < -0.4 is 5.73 Å². The lowest BCUT2D eigenvalue weighted by Crippen LogP contribution is -2.36. The molecule has 3 heterocycles. The molecule has 26 heavy (non-hydrogen) atoms. The minimum absolute atomic E-state index is 0.152. The molecule has 1 aliphatic rings. The Balaban J connectivity index is 1.76. The van der Waals surface area contributed by atoms with Gasteiger partial charge in [0.1, 0.15) is 17.2 Å². The summed E-state index contributed by atoms with van der Waals surface area (Å²) in [6.07, 6.45) is 3.19. The van der Waals surface area contributed by atoms with E-state index in [4.69, 9.17) is 29.6 Å². The van der Waals surface area contributed by atoms with Crippen molar-refractivity contribution in [2.75, 3.05) is 0 Å². The van der Waals surface area contributed by atoms with Gasteiger partial charge in [-0.15, -0.1) is 0 Å². The molecule has 1 aliphatic heterocycles. The van der Waals surface area contributed by atoms with Crippen LogP contribution in [-0.2, 0) is 0 Å². The van der Waals surface area contributed by atoms with E-state index in [-0.39, 0.29) is 11.1 Å². The van der Waals surface area contributed by atoms with E-state index in [1.165, 1.54) is 0 Å². The van der Waals surface area contributed by atoms with E-state index in [2.05, 4.69) is 38.2 Å². The summed E-state index contributed by atoms with van der Waals surface area (Å²) >= 11 is 11.2. The number of H-pyrrole nitrogens is 1. The van der Waals surface area contributed by atoms with E-state index in [9.17, 15) is 0 Å². The van der Waals surface area contributed by atoms with Crippen LogP contribution in [0.4, 0.5) is 0 Å². The molecule has 0 bridgehead atoms. The molecule has 0 amide bonds. The predicted molar refractivity (Wildman–Crippen MR) is 111 cm³/mol. The SMILES string of the molecule is CC(C1=NC(N)C(=S)C(Cl)=N1)c1cc2c(-c3ccccc3)c[nH]c2cn1. The Morgan fingerprint density at radius 1 is 1.27 bits per heavy atom. The summed E-state index contributed by atoms with van der Waals surface area (Å²) in [5, 5.41) is 1.33. The highest BCUT2D eigenvalue weighted by Crippen LogP contribution is 2.30. The number of nitrogens with zero attached hydrogens (tertiary/aromatic N) is 3. The molecule has 2 atom stereocenters. The van der Waals surface area contributed by atoms with Gasteiger partial charge in [0, 0.05) is 17.1 Å². The number of halogens is 1. The largest absolute Gasteiger partial charge is 0.359 e. The number of benzene rings is 1. The van der Waals surface area contributed by atoms with Crippen molar-refractivity contribution in [3.05, 3.63) is 54.5 Å². The first-order valence-corrected chi connectivity index (χ1v) is 8.97. The lowest BCUT2D eigenvalue weighted by molar-refractivity contribution is 0.878. The number of nitrogens with two attached hydrogens (primary N) is 1. The van der Waals surface area contributed by atoms with Crippen molar-refractivity contribution in [3.8, 4) is 11.1 Å². The standard InChI is InChI=1S/C19H16ClN5S/c1-10(19-24-17(20)16(26)18(21)25-19)14-7-12-13(8-22-15(12)9-23-14)11-5-3-2-4-6-11/h2-10,18,22H,21H2,1H3. The number of amidine groups is 1. The van der Waals surface area contributed by atoms with E-state index in [1.54, 1.807) is 0 Å². The zero-order valence-corrected chi connectivity index (χ0v) is 15.6. The van der Waals surface area contributed by atoms with Gasteiger partial charge in [0.15, 0.2) is 0 Å². The minimum atomic E-state index is -0.636. The zero-order valence-electron chi connectivity index (χ0n) is 14.0. The minimum Gasteiger partial charge on any atom is -0.359 e. The van der Waals surface area contributed by atoms with Gasteiger partial charge in [0.2, 0.25) is 0 Å². The highest BCUT2D eigenvalue weighted by atomic mass is 35.5. The second kappa shape index (κ2) is 6.72. The molecule has 5 nitrogen and oxygen atoms in total. The van der Waals surface area contributed by atoms with Crippen LogP contribution in [0.3, 0.4) is 0 Å². The van der Waals surface area contributed by atoms with Crippen LogP contribution in [0.1, 0.15) is 18.5 Å². The summed E-state index contributed by atoms with van der Waals surface area (Å²) < 4.78 is 0. The Labute approximate surface area is 161 Å². The Kier molecular flexibility index (Phi) is 4.40. The van der Waals surface area contributed by atoms with Crippen molar-refractivity contribution >= 4 is 50.6 Å². The van der Waals surface area contributed by atoms with E-state index in [0.717, 1.165) is 27.7 Å². The first kappa shape index (κ1) is 17.0. The van der Waals surface area contributed by atoms with Crippen LogP contribution >= 0.6 is 23.8 Å². The Bertz CT molecular complexity index is 1050. The van der Waals surface area contributed by atoms with Gasteiger partial charge in [-0.1, -0.05) is 54.2 Å². The second-order valence-electron chi connectivity index (χ2n) is 6.14. The van der Waals surface area contributed by atoms with Crippen molar-refractivity contribution in [1.82, 2.24) is 9.97 Å². The third-order valence-electron chi connectivity index (χ3n) is 4.46. The third kappa shape index (κ3) is 2.96. The van der Waals surface area contributed by atoms with Crippen LogP contribution in [0.15, 0.2) is 58.8 Å². The Hall–Kier alpha value is -2.41. The van der Waals surface area contributed by atoms with E-state index in [0.29, 0.717) is 10.7 Å². The van der Waals surface area contributed by atoms with Gasteiger partial charge in [-0.3, -0.25) is 4.98 Å². The Morgan fingerprint density at radius 3 is 2.77 bits per heavy atom. The summed E-state index contributed by atoms with van der Waals surface area (Å²) in [5.41, 5.74) is 10.0. The van der Waals surface area contributed by atoms with Gasteiger partial charge in [-0.25, -0.2) is 9.98 Å². The molecule has 3 N–H and O–H groups in total. The average molecular weight is 382 g/mol. The number of aliphatic imine (C=N–C) groups is 2. The number of hydrogen-bond donors (Lipinski definition) is 2. The zero-order chi connectivity index (χ0) is 18.3. The molecular weight excluding hydrogens is 366 g/mol. The normalized spacial score (nSPS) is 18.6. The molecule has 7 heteroatoms. The van der Waals surface area contributed by atoms with E-state index < -0.39 is 6.17 Å². The van der Waals surface area contributed by atoms with Crippen LogP contribution in [0.25, 0.3) is 22.0 Å². The summed E-state index contributed by atoms with van der Waals surface area (Å²) in [7, 11) is 0. The fourth-order valence-corrected chi connectivity index (χ4v) is 3.28. The van der Waals surface area contributed by atoms with Crippen molar-refractivity contribution in [2.24, 2.45) is 15.7 Å². The molecule has 0 aliphatic carbocycles. The fourth-order valence-electron chi connectivity index (χ4n) is 2.98. The van der Waals surface area contributed by atoms with Gasteiger partial charge in [-0.2, -0.15) is 0 Å². The van der Waals surface area contributed by atoms with E-state index in [1.807, 2.05) is 37.5 Å². The lowest BCUT2D eigenvalue weighted by Gasteiger charge is -2.18. The molecule has 0 fully saturated rings. The first-order chi connectivity index (χ1) is 12.5. The number of fused-ring (bicyclic) bond motifs is 1. The summed E-state index contributed by atoms with van der Waals surface area (Å²) in [6.45, 7) is 1.98. The van der Waals surface area contributed by atoms with Crippen molar-refractivity contribution < 1.29 is 0 Å². The molecule has 2 aromatic heterocycles. The van der Waals surface area contributed by atoms with Crippen LogP contribution in [0.2, 0.25) is 0 Å². The lowest BCUT2D eigenvalue weighted by atomic mass is 10.0. The molecule has 130 valence electrons. The maximum absolute atomic E-state index is 6.09. The number of nitrogens with one attached hydrogen (secondary N) is 1. The third-order valence-corrected chi connectivity index (χ3v) is 5.29. The molecule has 0 saturated carbocycles. The quantitative estimate of drug-likeness (QED) is 0.672. The molecule has 0 radical (unpaired) electrons. The number of pyridine rings is 1. The molecule has 4 rings (SSSR count). The van der Waals surface area contributed by atoms with Crippen molar-refractivity contribution in [3.63, 3.8) is 0 Å². The average Bonchev–Trinajstić information content (AvgIpc) is 3.09. The van der Waals surface area contributed by atoms with Crippen molar-refractivity contribution in [1.29, 1.82) is 0 Å². The van der Waals surface area contributed by atoms with Crippen molar-refractivity contribution in [2.45, 2.75) is 19.0 Å². The number of hydrogen-bond acceptors (Lipinski definition) is 5. The van der Waals surface area contributed by atoms with Crippen LogP contribution in [0, 0.1) is 0 Å². The van der Waals surface area contributed by atoms with Gasteiger partial charge < -0.3 is 10.7 Å². The fraction of sp³-hybridized carbons (Fsp3) is 0.158. The smallest absolute Gasteiger partial charge is 0.148 e. The molecular formula is C19H16ClN5S. The van der Waals surface area contributed by atoms with Crippen LogP contribution in [0.5, 0.6) is 0 Å². The highest BCUT2D eigenvalue weighted by molar-refractivity contribution is 7.82. The topological polar surface area (TPSA) is 79.4 Å². The van der Waals surface area contributed by atoms with Gasteiger partial charge in [-0.05, 0) is 18.6 Å². The maximum atomic E-state index is 6.09. The molecule has 1 aromatic carbocycles. The monoisotopic (exact) mass is 381 g/mol. The number of rotatable bonds is 3. The maximum Gasteiger partial charge on any atom is 0.148 e. The molecule has 2 unspecified atom stereocenters. The Morgan fingerprint density at radius 2 is 2.04 bits per heavy atom. The number of aromatic nitrogens is 2. The first-order valence-electron chi connectivity index (χ1n) is 8.18. The van der Waals surface area contributed by atoms with Gasteiger partial charge >= 0.3 is 0 Å². The van der Waals surface area contributed by atoms with Crippen LogP contribution in [-0.4, -0.2) is 32.0 Å². The summed E-state index contributed by atoms with van der Waals surface area (Å²) in [5.74, 6) is 0.389.